The largest absolute Gasteiger partial charge is 0.452 e. The van der Waals surface area contributed by atoms with Crippen molar-refractivity contribution in [1.29, 1.82) is 0 Å². The average Bonchev–Trinajstić information content (AvgIpc) is 2.96. The molecule has 6 heteroatoms. The molecule has 26 heavy (non-hydrogen) atoms. The molecule has 1 saturated heterocycles. The number of rotatable bonds is 3. The fourth-order valence-corrected chi connectivity index (χ4v) is 4.61. The quantitative estimate of drug-likeness (QED) is 0.778. The molecule has 1 spiro atoms. The van der Waals surface area contributed by atoms with Crippen LogP contribution < -0.4 is 4.90 Å². The molecular weight excluding hydrogens is 337 g/mol. The predicted octanol–water partition coefficient (Wildman–Crippen LogP) is 3.01. The number of Topliss-reactive ketones (excluding diaryl/α,β-unsaturated/α-hetero) is 1. The summed E-state index contributed by atoms with van der Waals surface area (Å²) in [6.07, 6.45) is 3.61. The highest BCUT2D eigenvalue weighted by Gasteiger charge is 2.54. The molecule has 5 nitrogen and oxygen atoms in total. The lowest BCUT2D eigenvalue weighted by Gasteiger charge is -2.42. The third kappa shape index (κ3) is 2.81. The van der Waals surface area contributed by atoms with E-state index in [1.807, 2.05) is 0 Å². The number of amides is 1. The van der Waals surface area contributed by atoms with Crippen molar-refractivity contribution in [3.8, 4) is 0 Å². The van der Waals surface area contributed by atoms with Crippen molar-refractivity contribution < 1.29 is 23.5 Å². The van der Waals surface area contributed by atoms with E-state index in [9.17, 15) is 18.8 Å². The number of hydrogen-bond donors (Lipinski definition) is 0. The second-order valence-corrected chi connectivity index (χ2v) is 7.70. The number of carbonyl (C=O) groups excluding carboxylic acids is 3. The van der Waals surface area contributed by atoms with E-state index in [4.69, 9.17) is 4.74 Å². The minimum atomic E-state index is -0.899. The smallest absolute Gasteiger partial charge is 0.310 e. The Kier molecular flexibility index (Phi) is 4.29. The highest BCUT2D eigenvalue weighted by atomic mass is 19.1. The van der Waals surface area contributed by atoms with E-state index < -0.39 is 23.8 Å². The normalized spacial score (nSPS) is 27.5. The van der Waals surface area contributed by atoms with Crippen molar-refractivity contribution in [2.24, 2.45) is 11.3 Å². The van der Waals surface area contributed by atoms with Crippen molar-refractivity contribution in [1.82, 2.24) is 0 Å². The zero-order valence-electron chi connectivity index (χ0n) is 14.6. The molecule has 1 aliphatic heterocycles. The number of para-hydroxylation sites is 1. The van der Waals surface area contributed by atoms with E-state index in [1.165, 1.54) is 11.0 Å². The first-order chi connectivity index (χ1) is 12.5. The van der Waals surface area contributed by atoms with Gasteiger partial charge in [0.1, 0.15) is 11.6 Å². The highest BCUT2D eigenvalue weighted by Crippen LogP contribution is 2.56. The fourth-order valence-electron chi connectivity index (χ4n) is 4.61. The molecule has 1 amide bonds. The monoisotopic (exact) mass is 359 g/mol. The molecule has 2 saturated carbocycles. The van der Waals surface area contributed by atoms with Crippen LogP contribution in [0.1, 0.15) is 44.9 Å². The third-order valence-electron chi connectivity index (χ3n) is 6.15. The Morgan fingerprint density at radius 2 is 1.96 bits per heavy atom. The van der Waals surface area contributed by atoms with Gasteiger partial charge >= 0.3 is 5.97 Å². The molecule has 3 fully saturated rings. The molecule has 1 heterocycles. The van der Waals surface area contributed by atoms with E-state index in [2.05, 4.69) is 0 Å². The number of esters is 1. The van der Waals surface area contributed by atoms with Gasteiger partial charge in [-0.1, -0.05) is 18.6 Å². The zero-order valence-corrected chi connectivity index (χ0v) is 14.6. The van der Waals surface area contributed by atoms with Crippen LogP contribution in [0.15, 0.2) is 24.3 Å². The summed E-state index contributed by atoms with van der Waals surface area (Å²) >= 11 is 0. The number of carbonyl (C=O) groups is 3. The van der Waals surface area contributed by atoms with Crippen molar-refractivity contribution in [3.63, 3.8) is 0 Å². The molecule has 0 bridgehead atoms. The first-order valence-electron chi connectivity index (χ1n) is 9.28. The van der Waals surface area contributed by atoms with Crippen molar-refractivity contribution in [2.75, 3.05) is 11.4 Å². The van der Waals surface area contributed by atoms with Crippen LogP contribution in [0, 0.1) is 17.2 Å². The average molecular weight is 359 g/mol. The summed E-state index contributed by atoms with van der Waals surface area (Å²) in [5.41, 5.74) is -0.0262. The van der Waals surface area contributed by atoms with Crippen molar-refractivity contribution >= 4 is 23.3 Å². The van der Waals surface area contributed by atoms with Gasteiger partial charge in [0.15, 0.2) is 6.10 Å². The molecule has 2 aliphatic carbocycles. The number of anilines is 1. The van der Waals surface area contributed by atoms with Gasteiger partial charge in [0, 0.05) is 19.4 Å². The zero-order chi connectivity index (χ0) is 18.3. The van der Waals surface area contributed by atoms with Crippen LogP contribution in [0.3, 0.4) is 0 Å². The topological polar surface area (TPSA) is 63.7 Å². The molecule has 2 unspecified atom stereocenters. The maximum atomic E-state index is 14.0. The van der Waals surface area contributed by atoms with Gasteiger partial charge in [0.25, 0.3) is 5.91 Å². The molecular formula is C20H22FNO4. The molecule has 0 radical (unpaired) electrons. The van der Waals surface area contributed by atoms with Crippen LogP contribution in [0.4, 0.5) is 10.1 Å². The van der Waals surface area contributed by atoms with E-state index in [0.29, 0.717) is 25.8 Å². The minimum absolute atomic E-state index is 0.106. The Morgan fingerprint density at radius 1 is 1.19 bits per heavy atom. The first kappa shape index (κ1) is 17.2. The molecule has 1 aromatic rings. The summed E-state index contributed by atoms with van der Waals surface area (Å²) in [6.45, 7) is 0.402. The van der Waals surface area contributed by atoms with Gasteiger partial charge in [-0.25, -0.2) is 4.39 Å². The third-order valence-corrected chi connectivity index (χ3v) is 6.15. The number of piperidine rings is 1. The molecule has 0 aromatic heterocycles. The van der Waals surface area contributed by atoms with Gasteiger partial charge in [-0.15, -0.1) is 0 Å². The molecule has 1 aromatic carbocycles. The summed E-state index contributed by atoms with van der Waals surface area (Å²) < 4.78 is 19.6. The number of ether oxygens (including phenoxy) is 1. The maximum absolute atomic E-state index is 14.0. The second-order valence-electron chi connectivity index (χ2n) is 7.70. The van der Waals surface area contributed by atoms with Gasteiger partial charge in [0.2, 0.25) is 0 Å². The summed E-state index contributed by atoms with van der Waals surface area (Å²) in [7, 11) is 0. The standard InChI is InChI=1S/C20H22FNO4/c21-15-5-1-2-6-16(15)22-10-3-7-17(18(22)24)26-19(25)14-11-13(23)12-20(14)8-4-9-20/h1-2,5-6,14,17H,3-4,7-12H2. The summed E-state index contributed by atoms with van der Waals surface area (Å²) in [4.78, 5) is 38.7. The Hall–Kier alpha value is -2.24. The van der Waals surface area contributed by atoms with Gasteiger partial charge < -0.3 is 9.64 Å². The SMILES string of the molecule is O=C1CC(C(=O)OC2CCCN(c3ccccc3F)C2=O)C2(CCC2)C1. The van der Waals surface area contributed by atoms with Gasteiger partial charge in [0.05, 0.1) is 11.6 Å². The Balaban J connectivity index is 1.48. The van der Waals surface area contributed by atoms with Gasteiger partial charge in [-0.3, -0.25) is 14.4 Å². The Bertz CT molecular complexity index is 758. The van der Waals surface area contributed by atoms with Crippen LogP contribution in [0.5, 0.6) is 0 Å². The first-order valence-corrected chi connectivity index (χ1v) is 9.28. The second kappa shape index (κ2) is 6.49. The minimum Gasteiger partial charge on any atom is -0.452 e. The molecule has 0 N–H and O–H groups in total. The van der Waals surface area contributed by atoms with Gasteiger partial charge in [-0.2, -0.15) is 0 Å². The molecule has 4 rings (SSSR count). The van der Waals surface area contributed by atoms with E-state index in [1.54, 1.807) is 18.2 Å². The molecule has 138 valence electrons. The number of halogens is 1. The summed E-state index contributed by atoms with van der Waals surface area (Å²) in [5.74, 6) is -1.62. The maximum Gasteiger partial charge on any atom is 0.310 e. The van der Waals surface area contributed by atoms with E-state index >= 15 is 0 Å². The predicted molar refractivity (Wildman–Crippen MR) is 91.9 cm³/mol. The summed E-state index contributed by atoms with van der Waals surface area (Å²) in [6, 6.07) is 6.10. The number of nitrogens with zero attached hydrogens (tertiary/aromatic N) is 1. The molecule has 3 aliphatic rings. The van der Waals surface area contributed by atoms with Gasteiger partial charge in [-0.05, 0) is 43.2 Å². The van der Waals surface area contributed by atoms with Crippen molar-refractivity contribution in [2.45, 2.75) is 51.0 Å². The lowest BCUT2D eigenvalue weighted by atomic mass is 9.62. The van der Waals surface area contributed by atoms with E-state index in [-0.39, 0.29) is 29.2 Å². The lowest BCUT2D eigenvalue weighted by molar-refractivity contribution is -0.165. The van der Waals surface area contributed by atoms with E-state index in [0.717, 1.165) is 19.3 Å². The number of hydrogen-bond acceptors (Lipinski definition) is 4. The van der Waals surface area contributed by atoms with Crippen molar-refractivity contribution in [3.05, 3.63) is 30.1 Å². The van der Waals surface area contributed by atoms with Crippen LogP contribution in [0.2, 0.25) is 0 Å². The van der Waals surface area contributed by atoms with Crippen LogP contribution in [-0.2, 0) is 19.1 Å². The molecule has 2 atom stereocenters. The fraction of sp³-hybridized carbons (Fsp3) is 0.550. The Labute approximate surface area is 151 Å². The summed E-state index contributed by atoms with van der Waals surface area (Å²) in [5, 5.41) is 0. The van der Waals surface area contributed by atoms with Crippen LogP contribution in [0.25, 0.3) is 0 Å². The number of ketones is 1. The lowest BCUT2D eigenvalue weighted by Crippen LogP contribution is -2.48. The number of benzene rings is 1. The Morgan fingerprint density at radius 3 is 2.65 bits per heavy atom. The van der Waals surface area contributed by atoms with Crippen LogP contribution in [-0.4, -0.2) is 30.3 Å². The van der Waals surface area contributed by atoms with Crippen LogP contribution >= 0.6 is 0 Å². The highest BCUT2D eigenvalue weighted by molar-refractivity contribution is 5.99.